The van der Waals surface area contributed by atoms with Gasteiger partial charge in [0.15, 0.2) is 5.82 Å². The Labute approximate surface area is 255 Å². The predicted octanol–water partition coefficient (Wildman–Crippen LogP) is 4.88. The Morgan fingerprint density at radius 1 is 1.14 bits per heavy atom. The Hall–Kier alpha value is -4.07. The molecule has 0 radical (unpaired) electrons. The molecule has 4 aromatic rings. The topological polar surface area (TPSA) is 92.4 Å². The maximum Gasteiger partial charge on any atom is 0.319 e. The highest BCUT2D eigenvalue weighted by Gasteiger charge is 2.48. The Kier molecular flexibility index (Phi) is 6.40. The molecule has 4 saturated heterocycles. The van der Waals surface area contributed by atoms with Crippen molar-refractivity contribution in [2.45, 2.75) is 56.7 Å². The van der Waals surface area contributed by atoms with Gasteiger partial charge in [0.05, 0.1) is 16.8 Å². The Balaban J connectivity index is 1.29. The second kappa shape index (κ2) is 10.2. The van der Waals surface area contributed by atoms with Gasteiger partial charge in [-0.05, 0) is 68.2 Å². The van der Waals surface area contributed by atoms with Crippen LogP contribution in [0.1, 0.15) is 44.6 Å². The Morgan fingerprint density at radius 3 is 2.75 bits per heavy atom. The van der Waals surface area contributed by atoms with Crippen LogP contribution in [0.15, 0.2) is 30.3 Å². The van der Waals surface area contributed by atoms with Gasteiger partial charge in [0, 0.05) is 48.1 Å². The smallest absolute Gasteiger partial charge is 0.319 e. The van der Waals surface area contributed by atoms with E-state index >= 15 is 8.78 Å². The molecule has 0 aliphatic carbocycles. The first-order valence-electron chi connectivity index (χ1n) is 15.6. The van der Waals surface area contributed by atoms with Gasteiger partial charge in [-0.25, -0.2) is 13.8 Å². The summed E-state index contributed by atoms with van der Waals surface area (Å²) in [5.74, 6) is 2.21. The zero-order chi connectivity index (χ0) is 30.2. The number of aromatic nitrogens is 3. The van der Waals surface area contributed by atoms with Gasteiger partial charge in [-0.2, -0.15) is 9.97 Å². The number of nitrogen functional groups attached to an aromatic ring is 1. The minimum absolute atomic E-state index is 0.0107. The number of halogens is 2. The summed E-state index contributed by atoms with van der Waals surface area (Å²) < 4.78 is 39.4. The van der Waals surface area contributed by atoms with Crippen LogP contribution in [-0.2, 0) is 0 Å². The third-order valence-corrected chi connectivity index (χ3v) is 10.1. The fourth-order valence-electron chi connectivity index (χ4n) is 8.31. The standard InChI is InChI=1S/C34H35F2N7O/c1-3-20-6-4-7-21-12-26(37)39-31(27(20)21)28-25(35)13-24-30(29(28)36)40-33(41-32(24)42-16-22-8-9-23(17-42)38-22)44-18-34-10-5-11-43(34)15-19(2)14-34/h1,4,6-7,12-13,19,22-23,38H,5,8-11,14-18H2,2H3,(H2,37,39)/t19-,22?,23?,34+/m1/s1. The number of hydrogen-bond donors (Lipinski definition) is 2. The summed E-state index contributed by atoms with van der Waals surface area (Å²) in [4.78, 5) is 18.5. The van der Waals surface area contributed by atoms with Crippen LogP contribution in [0.5, 0.6) is 6.01 Å². The molecule has 8 nitrogen and oxygen atoms in total. The number of nitrogens with two attached hydrogens (primary N) is 1. The number of anilines is 2. The van der Waals surface area contributed by atoms with Crippen LogP contribution >= 0.6 is 0 Å². The maximum atomic E-state index is 16.9. The van der Waals surface area contributed by atoms with Crippen molar-refractivity contribution < 1.29 is 13.5 Å². The van der Waals surface area contributed by atoms with E-state index in [1.54, 1.807) is 24.3 Å². The van der Waals surface area contributed by atoms with E-state index < -0.39 is 11.6 Å². The molecule has 4 aliphatic rings. The average molecular weight is 596 g/mol. The maximum absolute atomic E-state index is 16.9. The van der Waals surface area contributed by atoms with Crippen molar-refractivity contribution in [3.05, 3.63) is 47.5 Å². The molecule has 4 atom stereocenters. The lowest BCUT2D eigenvalue weighted by Crippen LogP contribution is -2.51. The molecule has 2 aromatic heterocycles. The van der Waals surface area contributed by atoms with Gasteiger partial charge in [-0.15, -0.1) is 6.42 Å². The van der Waals surface area contributed by atoms with Crippen molar-refractivity contribution in [3.8, 4) is 29.6 Å². The summed E-state index contributed by atoms with van der Waals surface area (Å²) in [5.41, 5.74) is 6.25. The number of benzene rings is 2. The first kappa shape index (κ1) is 27.5. The molecule has 6 heterocycles. The van der Waals surface area contributed by atoms with E-state index in [2.05, 4.69) is 37.9 Å². The van der Waals surface area contributed by atoms with Crippen molar-refractivity contribution in [1.29, 1.82) is 0 Å². The van der Waals surface area contributed by atoms with E-state index in [1.807, 2.05) is 0 Å². The van der Waals surface area contributed by atoms with Crippen molar-refractivity contribution in [1.82, 2.24) is 25.2 Å². The van der Waals surface area contributed by atoms with E-state index in [1.165, 1.54) is 6.07 Å². The van der Waals surface area contributed by atoms with Gasteiger partial charge in [-0.1, -0.05) is 25.0 Å². The van der Waals surface area contributed by atoms with Crippen LogP contribution in [0.3, 0.4) is 0 Å². The number of hydrogen-bond acceptors (Lipinski definition) is 8. The SMILES string of the molecule is C#Cc1cccc2cc(N)nc(-c3c(F)cc4c(N5CC6CCC(C5)N6)nc(OC[C@@]56CCCN5C[C@H](C)C6)nc4c3F)c12. The molecule has 4 aliphatic heterocycles. The normalized spacial score (nSPS) is 26.4. The molecule has 0 spiro atoms. The molecule has 10 heteroatoms. The van der Waals surface area contributed by atoms with Crippen LogP contribution < -0.4 is 20.7 Å². The first-order valence-corrected chi connectivity index (χ1v) is 15.6. The lowest BCUT2D eigenvalue weighted by atomic mass is 9.92. The number of nitrogens with zero attached hydrogens (tertiary/aromatic N) is 5. The number of pyridine rings is 1. The number of terminal acetylenes is 1. The molecule has 4 fully saturated rings. The molecular formula is C34H35F2N7O. The fourth-order valence-corrected chi connectivity index (χ4v) is 8.31. The molecular weight excluding hydrogens is 560 g/mol. The van der Waals surface area contributed by atoms with Crippen LogP contribution in [0.25, 0.3) is 32.9 Å². The summed E-state index contributed by atoms with van der Waals surface area (Å²) in [7, 11) is 0. The summed E-state index contributed by atoms with van der Waals surface area (Å²) >= 11 is 0. The van der Waals surface area contributed by atoms with E-state index in [0.717, 1.165) is 45.2 Å². The molecule has 0 saturated carbocycles. The number of rotatable bonds is 5. The van der Waals surface area contributed by atoms with Gasteiger partial charge in [-0.3, -0.25) is 4.90 Å². The summed E-state index contributed by atoms with van der Waals surface area (Å²) in [6.07, 6.45) is 11.1. The highest BCUT2D eigenvalue weighted by molar-refractivity contribution is 6.02. The fraction of sp³-hybridized carbons (Fsp3) is 0.441. The predicted molar refractivity (Wildman–Crippen MR) is 168 cm³/mol. The van der Waals surface area contributed by atoms with Crippen molar-refractivity contribution >= 4 is 33.3 Å². The number of nitrogens with one attached hydrogen (secondary N) is 1. The third kappa shape index (κ3) is 4.36. The highest BCUT2D eigenvalue weighted by Crippen LogP contribution is 2.43. The number of piperazine rings is 1. The van der Waals surface area contributed by atoms with E-state index in [0.29, 0.717) is 65.2 Å². The van der Waals surface area contributed by atoms with Crippen LogP contribution in [0, 0.1) is 29.9 Å². The molecule has 3 N–H and O–H groups in total. The van der Waals surface area contributed by atoms with Gasteiger partial charge < -0.3 is 20.7 Å². The van der Waals surface area contributed by atoms with Crippen molar-refractivity contribution in [2.75, 3.05) is 43.4 Å². The quantitative estimate of drug-likeness (QED) is 0.316. The molecule has 8 rings (SSSR count). The van der Waals surface area contributed by atoms with Gasteiger partial charge in [0.2, 0.25) is 0 Å². The largest absolute Gasteiger partial charge is 0.461 e. The highest BCUT2D eigenvalue weighted by atomic mass is 19.1. The van der Waals surface area contributed by atoms with Gasteiger partial charge in [0.1, 0.15) is 29.6 Å². The van der Waals surface area contributed by atoms with Crippen LogP contribution in [-0.4, -0.2) is 70.3 Å². The average Bonchev–Trinajstić information content (AvgIpc) is 3.65. The third-order valence-electron chi connectivity index (χ3n) is 10.1. The summed E-state index contributed by atoms with van der Waals surface area (Å²) in [6.45, 7) is 6.19. The minimum Gasteiger partial charge on any atom is -0.461 e. The molecule has 44 heavy (non-hydrogen) atoms. The second-order valence-electron chi connectivity index (χ2n) is 13.1. The Bertz CT molecular complexity index is 1850. The monoisotopic (exact) mass is 595 g/mol. The first-order chi connectivity index (χ1) is 21.3. The lowest BCUT2D eigenvalue weighted by Gasteiger charge is -2.34. The number of fused-ring (bicyclic) bond motifs is 5. The minimum atomic E-state index is -0.840. The Morgan fingerprint density at radius 2 is 1.95 bits per heavy atom. The summed E-state index contributed by atoms with van der Waals surface area (Å²) in [5, 5.41) is 5.04. The molecule has 2 unspecified atom stereocenters. The van der Waals surface area contributed by atoms with Crippen LogP contribution in [0.4, 0.5) is 20.4 Å². The van der Waals surface area contributed by atoms with Gasteiger partial charge in [0.25, 0.3) is 0 Å². The lowest BCUT2D eigenvalue weighted by molar-refractivity contribution is 0.107. The second-order valence-corrected chi connectivity index (χ2v) is 13.1. The zero-order valence-corrected chi connectivity index (χ0v) is 24.7. The number of ether oxygens (including phenoxy) is 1. The molecule has 226 valence electrons. The summed E-state index contributed by atoms with van der Waals surface area (Å²) in [6, 6.07) is 8.98. The van der Waals surface area contributed by atoms with E-state index in [-0.39, 0.29) is 34.1 Å². The molecule has 0 amide bonds. The molecule has 2 aromatic carbocycles. The van der Waals surface area contributed by atoms with Crippen molar-refractivity contribution in [3.63, 3.8) is 0 Å². The molecule has 2 bridgehead atoms. The van der Waals surface area contributed by atoms with E-state index in [9.17, 15) is 0 Å². The zero-order valence-electron chi connectivity index (χ0n) is 24.7. The van der Waals surface area contributed by atoms with E-state index in [4.69, 9.17) is 21.9 Å². The van der Waals surface area contributed by atoms with Crippen LogP contribution in [0.2, 0.25) is 0 Å². The van der Waals surface area contributed by atoms with Crippen molar-refractivity contribution in [2.24, 2.45) is 5.92 Å². The van der Waals surface area contributed by atoms with Gasteiger partial charge >= 0.3 is 6.01 Å².